The third kappa shape index (κ3) is 2.82. The van der Waals surface area contributed by atoms with Gasteiger partial charge in [0.2, 0.25) is 0 Å². The molecule has 1 atom stereocenters. The maximum atomic E-state index is 9.62. The predicted octanol–water partition coefficient (Wildman–Crippen LogP) is 5.68. The molecule has 0 amide bonds. The Hall–Kier alpha value is -2.22. The normalized spacial score (nSPS) is 21.8. The molecule has 0 spiro atoms. The number of rotatable bonds is 4. The molecule has 0 saturated heterocycles. The molecule has 1 aliphatic rings. The molecule has 1 unspecified atom stereocenters. The van der Waals surface area contributed by atoms with Gasteiger partial charge in [0.05, 0.1) is 6.26 Å². The minimum atomic E-state index is -0.0830. The third-order valence-corrected chi connectivity index (χ3v) is 5.15. The van der Waals surface area contributed by atoms with E-state index in [1.54, 1.807) is 18.4 Å². The first-order valence-electron chi connectivity index (χ1n) is 8.63. The number of benzene rings is 2. The summed E-state index contributed by atoms with van der Waals surface area (Å²) < 4.78 is 5.77. The van der Waals surface area contributed by atoms with E-state index in [-0.39, 0.29) is 10.8 Å². The van der Waals surface area contributed by atoms with Crippen LogP contribution in [0.4, 0.5) is 0 Å². The van der Waals surface area contributed by atoms with Crippen molar-refractivity contribution in [1.29, 1.82) is 0 Å². The molecule has 0 fully saturated rings. The molecule has 0 aliphatic heterocycles. The first-order chi connectivity index (χ1) is 11.4. The monoisotopic (exact) mass is 322 g/mol. The summed E-state index contributed by atoms with van der Waals surface area (Å²) in [4.78, 5) is 0. The smallest absolute Gasteiger partial charge is 0.126 e. The number of ether oxygens (including phenoxy) is 1. The molecule has 3 rings (SSSR count). The van der Waals surface area contributed by atoms with Crippen molar-refractivity contribution in [2.75, 3.05) is 0 Å². The summed E-state index contributed by atoms with van der Waals surface area (Å²) in [5, 5.41) is 9.62. The number of fused-ring (bicyclic) bond motifs is 1. The lowest BCUT2D eigenvalue weighted by Crippen LogP contribution is -2.23. The molecule has 0 aromatic heterocycles. The molecule has 0 bridgehead atoms. The van der Waals surface area contributed by atoms with Gasteiger partial charge in [0, 0.05) is 5.41 Å². The second-order valence-electron chi connectivity index (χ2n) is 7.54. The van der Waals surface area contributed by atoms with Gasteiger partial charge in [-0.1, -0.05) is 45.9 Å². The van der Waals surface area contributed by atoms with Gasteiger partial charge in [-0.3, -0.25) is 0 Å². The molecule has 0 radical (unpaired) electrons. The summed E-state index contributed by atoms with van der Waals surface area (Å²) in [6.07, 6.45) is 5.77. The Morgan fingerprint density at radius 2 is 1.75 bits per heavy atom. The van der Waals surface area contributed by atoms with Crippen LogP contribution in [0.3, 0.4) is 0 Å². The highest BCUT2D eigenvalue weighted by Crippen LogP contribution is 2.53. The number of aromatic hydroxyl groups is 1. The molecule has 1 N–H and O–H groups in total. The molecule has 0 heterocycles. The SMILES string of the molecule is CC/C=C/Oc1ccc2c(c1)C(C)(c1ccc(O)cc1)CC2(C)C. The van der Waals surface area contributed by atoms with Gasteiger partial charge < -0.3 is 9.84 Å². The highest BCUT2D eigenvalue weighted by Gasteiger charge is 2.45. The average Bonchev–Trinajstić information content (AvgIpc) is 2.75. The van der Waals surface area contributed by atoms with Crippen LogP contribution in [0, 0.1) is 0 Å². The third-order valence-electron chi connectivity index (χ3n) is 5.15. The van der Waals surface area contributed by atoms with Crippen molar-refractivity contribution in [1.82, 2.24) is 0 Å². The molecule has 2 nitrogen and oxygen atoms in total. The maximum Gasteiger partial charge on any atom is 0.126 e. The summed E-state index contributed by atoms with van der Waals surface area (Å²) in [6.45, 7) is 8.98. The van der Waals surface area contributed by atoms with E-state index in [1.807, 2.05) is 18.2 Å². The van der Waals surface area contributed by atoms with Crippen LogP contribution in [0.15, 0.2) is 54.8 Å². The van der Waals surface area contributed by atoms with Crippen molar-refractivity contribution >= 4 is 0 Å². The molecule has 1 aliphatic carbocycles. The largest absolute Gasteiger partial charge is 0.508 e. The molecular weight excluding hydrogens is 296 g/mol. The summed E-state index contributed by atoms with van der Waals surface area (Å²) in [6, 6.07) is 14.1. The van der Waals surface area contributed by atoms with Crippen LogP contribution in [-0.4, -0.2) is 5.11 Å². The molecule has 0 saturated carbocycles. The number of phenolic OH excluding ortho intramolecular Hbond substituents is 1. The summed E-state index contributed by atoms with van der Waals surface area (Å²) in [7, 11) is 0. The van der Waals surface area contributed by atoms with Crippen molar-refractivity contribution < 1.29 is 9.84 Å². The predicted molar refractivity (Wildman–Crippen MR) is 98.7 cm³/mol. The fourth-order valence-electron chi connectivity index (χ4n) is 4.03. The molecular formula is C22H26O2. The Kier molecular flexibility index (Phi) is 4.16. The van der Waals surface area contributed by atoms with Crippen LogP contribution in [0.2, 0.25) is 0 Å². The van der Waals surface area contributed by atoms with E-state index >= 15 is 0 Å². The minimum Gasteiger partial charge on any atom is -0.508 e. The van der Waals surface area contributed by atoms with E-state index in [9.17, 15) is 5.11 Å². The van der Waals surface area contributed by atoms with Crippen LogP contribution >= 0.6 is 0 Å². The standard InChI is InChI=1S/C22H26O2/c1-5-6-13-24-18-11-12-19-20(14-18)22(4,15-21(19,2)3)16-7-9-17(23)10-8-16/h6-14,23H,5,15H2,1-4H3/b13-6+. The first kappa shape index (κ1) is 16.6. The van der Waals surface area contributed by atoms with Gasteiger partial charge in [0.1, 0.15) is 11.5 Å². The zero-order valence-electron chi connectivity index (χ0n) is 15.0. The quantitative estimate of drug-likeness (QED) is 0.734. The van der Waals surface area contributed by atoms with Crippen LogP contribution in [-0.2, 0) is 10.8 Å². The van der Waals surface area contributed by atoms with E-state index in [0.717, 1.165) is 18.6 Å². The number of allylic oxidation sites excluding steroid dienone is 1. The summed E-state index contributed by atoms with van der Waals surface area (Å²) in [5.74, 6) is 1.18. The van der Waals surface area contributed by atoms with Gasteiger partial charge in [-0.15, -0.1) is 0 Å². The van der Waals surface area contributed by atoms with Gasteiger partial charge in [-0.2, -0.15) is 0 Å². The maximum absolute atomic E-state index is 9.62. The van der Waals surface area contributed by atoms with E-state index in [4.69, 9.17) is 4.74 Å². The highest BCUT2D eigenvalue weighted by atomic mass is 16.5. The van der Waals surface area contributed by atoms with Crippen molar-refractivity contribution in [3.05, 3.63) is 71.5 Å². The Morgan fingerprint density at radius 1 is 1.04 bits per heavy atom. The van der Waals surface area contributed by atoms with Crippen LogP contribution in [0.25, 0.3) is 0 Å². The van der Waals surface area contributed by atoms with Crippen molar-refractivity contribution in [3.8, 4) is 11.5 Å². The lowest BCUT2D eigenvalue weighted by Gasteiger charge is -2.28. The lowest BCUT2D eigenvalue weighted by atomic mass is 9.75. The van der Waals surface area contributed by atoms with Crippen molar-refractivity contribution in [2.45, 2.75) is 51.4 Å². The Morgan fingerprint density at radius 3 is 2.42 bits per heavy atom. The Labute approximate surface area is 144 Å². The average molecular weight is 322 g/mol. The minimum absolute atomic E-state index is 0.0830. The van der Waals surface area contributed by atoms with Gasteiger partial charge in [0.25, 0.3) is 0 Å². The topological polar surface area (TPSA) is 29.5 Å². The Bertz CT molecular complexity index is 756. The molecule has 2 aromatic rings. The fourth-order valence-corrected chi connectivity index (χ4v) is 4.03. The number of hydrogen-bond acceptors (Lipinski definition) is 2. The Balaban J connectivity index is 2.07. The van der Waals surface area contributed by atoms with Gasteiger partial charge in [0.15, 0.2) is 0 Å². The van der Waals surface area contributed by atoms with E-state index < -0.39 is 0 Å². The molecule has 2 aromatic carbocycles. The van der Waals surface area contributed by atoms with Crippen LogP contribution in [0.1, 0.15) is 57.2 Å². The van der Waals surface area contributed by atoms with Crippen LogP contribution in [0.5, 0.6) is 11.5 Å². The molecule has 126 valence electrons. The van der Waals surface area contributed by atoms with Gasteiger partial charge >= 0.3 is 0 Å². The molecule has 2 heteroatoms. The summed E-state index contributed by atoms with van der Waals surface area (Å²) >= 11 is 0. The number of hydrogen-bond donors (Lipinski definition) is 1. The second-order valence-corrected chi connectivity index (χ2v) is 7.54. The second kappa shape index (κ2) is 6.01. The van der Waals surface area contributed by atoms with Crippen molar-refractivity contribution in [2.24, 2.45) is 0 Å². The van der Waals surface area contributed by atoms with Gasteiger partial charge in [-0.05, 0) is 65.3 Å². The summed E-state index contributed by atoms with van der Waals surface area (Å²) in [5.41, 5.74) is 3.96. The van der Waals surface area contributed by atoms with Crippen molar-refractivity contribution in [3.63, 3.8) is 0 Å². The highest BCUT2D eigenvalue weighted by molar-refractivity contribution is 5.54. The fraction of sp³-hybridized carbons (Fsp3) is 0.364. The van der Waals surface area contributed by atoms with Crippen LogP contribution < -0.4 is 4.74 Å². The lowest BCUT2D eigenvalue weighted by molar-refractivity contribution is 0.423. The number of phenols is 1. The molecule has 24 heavy (non-hydrogen) atoms. The van der Waals surface area contributed by atoms with E-state index in [0.29, 0.717) is 5.75 Å². The van der Waals surface area contributed by atoms with E-state index in [1.165, 1.54) is 16.7 Å². The zero-order chi connectivity index (χ0) is 17.4. The first-order valence-corrected chi connectivity index (χ1v) is 8.63. The zero-order valence-corrected chi connectivity index (χ0v) is 15.0. The van der Waals surface area contributed by atoms with Gasteiger partial charge in [-0.25, -0.2) is 0 Å². The van der Waals surface area contributed by atoms with E-state index in [2.05, 4.69) is 45.9 Å².